The zero-order chi connectivity index (χ0) is 41.4. The van der Waals surface area contributed by atoms with Crippen LogP contribution in [0.4, 0.5) is 34.1 Å². The Bertz CT molecular complexity index is 3870. The molecule has 0 bridgehead atoms. The number of benzene rings is 10. The Labute approximate surface area is 362 Å². The van der Waals surface area contributed by atoms with E-state index in [2.05, 4.69) is 215 Å². The molecule has 63 heavy (non-hydrogen) atoms. The smallest absolute Gasteiger partial charge is 0.135 e. The van der Waals surface area contributed by atoms with Crippen molar-refractivity contribution in [3.8, 4) is 5.69 Å². The molecular formula is C58H37N3O2. The third-order valence-electron chi connectivity index (χ3n) is 12.5. The summed E-state index contributed by atoms with van der Waals surface area (Å²) in [6.45, 7) is 0. The maximum Gasteiger partial charge on any atom is 0.135 e. The highest BCUT2D eigenvalue weighted by molar-refractivity contribution is 6.15. The highest BCUT2D eigenvalue weighted by atomic mass is 16.3. The molecule has 3 aromatic heterocycles. The maximum atomic E-state index is 6.25. The highest BCUT2D eigenvalue weighted by Gasteiger charge is 2.21. The van der Waals surface area contributed by atoms with Crippen molar-refractivity contribution >= 4 is 111 Å². The van der Waals surface area contributed by atoms with Gasteiger partial charge in [0.25, 0.3) is 0 Å². The predicted octanol–water partition coefficient (Wildman–Crippen LogP) is 16.7. The van der Waals surface area contributed by atoms with Crippen LogP contribution in [0.5, 0.6) is 0 Å². The summed E-state index contributed by atoms with van der Waals surface area (Å²) in [6.07, 6.45) is 0. The van der Waals surface area contributed by atoms with Gasteiger partial charge in [-0.25, -0.2) is 0 Å². The summed E-state index contributed by atoms with van der Waals surface area (Å²) in [5, 5.41) is 9.14. The fraction of sp³-hybridized carbons (Fsp3) is 0. The van der Waals surface area contributed by atoms with Gasteiger partial charge < -0.3 is 23.2 Å². The molecule has 0 saturated carbocycles. The average Bonchev–Trinajstić information content (AvgIpc) is 4.01. The van der Waals surface area contributed by atoms with Crippen molar-refractivity contribution in [3.05, 3.63) is 224 Å². The van der Waals surface area contributed by atoms with E-state index in [1.54, 1.807) is 0 Å². The summed E-state index contributed by atoms with van der Waals surface area (Å²) in [6, 6.07) is 79.9. The third kappa shape index (κ3) is 5.71. The van der Waals surface area contributed by atoms with E-state index in [1.165, 1.54) is 16.2 Å². The molecule has 3 heterocycles. The molecule has 10 aromatic carbocycles. The second-order valence-corrected chi connectivity index (χ2v) is 16.2. The monoisotopic (exact) mass is 807 g/mol. The van der Waals surface area contributed by atoms with Crippen LogP contribution in [0.1, 0.15) is 0 Å². The molecule has 0 aliphatic rings. The largest absolute Gasteiger partial charge is 0.456 e. The lowest BCUT2D eigenvalue weighted by Crippen LogP contribution is -2.10. The fourth-order valence-electron chi connectivity index (χ4n) is 9.62. The van der Waals surface area contributed by atoms with E-state index in [9.17, 15) is 0 Å². The fourth-order valence-corrected chi connectivity index (χ4v) is 9.62. The van der Waals surface area contributed by atoms with Crippen molar-refractivity contribution in [1.82, 2.24) is 4.57 Å². The van der Waals surface area contributed by atoms with Crippen LogP contribution in [-0.2, 0) is 0 Å². The first-order valence-electron chi connectivity index (χ1n) is 21.3. The topological polar surface area (TPSA) is 37.7 Å². The van der Waals surface area contributed by atoms with E-state index < -0.39 is 0 Å². The molecule has 0 spiro atoms. The van der Waals surface area contributed by atoms with Gasteiger partial charge in [0.2, 0.25) is 0 Å². The number of nitrogens with zero attached hydrogens (tertiary/aromatic N) is 3. The first-order valence-corrected chi connectivity index (χ1v) is 21.3. The SMILES string of the molecule is c1ccc(N(c2ccc3cc4c5ccc(N(c6ccccc6)c6ccc7oc8ccccc8c7c6)cc5n(-c5ccccc5)c4cc3c2)c2ccc3oc4ccccc4c3c2)cc1. The Balaban J connectivity index is 1.00. The first kappa shape index (κ1) is 35.2. The van der Waals surface area contributed by atoms with E-state index in [1.807, 2.05) is 24.3 Å². The Morgan fingerprint density at radius 2 is 0.730 bits per heavy atom. The van der Waals surface area contributed by atoms with Crippen LogP contribution in [0.15, 0.2) is 233 Å². The molecule has 13 aromatic rings. The quantitative estimate of drug-likeness (QED) is 0.161. The molecule has 296 valence electrons. The Hall–Kier alpha value is -8.54. The van der Waals surface area contributed by atoms with Crippen LogP contribution in [0.25, 0.3) is 82.1 Å². The summed E-state index contributed by atoms with van der Waals surface area (Å²) in [7, 11) is 0. The number of anilines is 6. The normalized spacial score (nSPS) is 11.8. The van der Waals surface area contributed by atoms with Gasteiger partial charge in [0.15, 0.2) is 0 Å². The molecule has 0 saturated heterocycles. The lowest BCUT2D eigenvalue weighted by atomic mass is 10.0. The second kappa shape index (κ2) is 14.0. The minimum Gasteiger partial charge on any atom is -0.456 e. The minimum absolute atomic E-state index is 0.877. The Morgan fingerprint density at radius 1 is 0.270 bits per heavy atom. The molecule has 0 radical (unpaired) electrons. The van der Waals surface area contributed by atoms with Crippen molar-refractivity contribution < 1.29 is 8.83 Å². The molecule has 13 rings (SSSR count). The van der Waals surface area contributed by atoms with Crippen LogP contribution in [-0.4, -0.2) is 4.57 Å². The second-order valence-electron chi connectivity index (χ2n) is 16.2. The van der Waals surface area contributed by atoms with Gasteiger partial charge in [-0.05, 0) is 132 Å². The van der Waals surface area contributed by atoms with E-state index in [0.29, 0.717) is 0 Å². The van der Waals surface area contributed by atoms with E-state index >= 15 is 0 Å². The summed E-state index contributed by atoms with van der Waals surface area (Å²) >= 11 is 0. The van der Waals surface area contributed by atoms with Gasteiger partial charge in [0, 0.05) is 72.1 Å². The average molecular weight is 808 g/mol. The zero-order valence-electron chi connectivity index (χ0n) is 34.0. The highest BCUT2D eigenvalue weighted by Crippen LogP contribution is 2.44. The molecular weight excluding hydrogens is 771 g/mol. The van der Waals surface area contributed by atoms with Crippen LogP contribution in [0.2, 0.25) is 0 Å². The van der Waals surface area contributed by atoms with Crippen molar-refractivity contribution in [3.63, 3.8) is 0 Å². The van der Waals surface area contributed by atoms with E-state index in [0.717, 1.165) is 100 Å². The van der Waals surface area contributed by atoms with Crippen LogP contribution >= 0.6 is 0 Å². The third-order valence-corrected chi connectivity index (χ3v) is 12.5. The number of furan rings is 2. The van der Waals surface area contributed by atoms with Crippen LogP contribution in [0, 0.1) is 0 Å². The summed E-state index contributed by atoms with van der Waals surface area (Å²) < 4.78 is 14.9. The number of rotatable bonds is 7. The Kier molecular flexibility index (Phi) is 7.84. The van der Waals surface area contributed by atoms with Crippen molar-refractivity contribution in [1.29, 1.82) is 0 Å². The van der Waals surface area contributed by atoms with Gasteiger partial charge in [-0.1, -0.05) is 103 Å². The van der Waals surface area contributed by atoms with Crippen molar-refractivity contribution in [2.24, 2.45) is 0 Å². The number of hydrogen-bond donors (Lipinski definition) is 0. The minimum atomic E-state index is 0.877. The summed E-state index contributed by atoms with van der Waals surface area (Å²) in [5.74, 6) is 0. The predicted molar refractivity (Wildman–Crippen MR) is 262 cm³/mol. The maximum absolute atomic E-state index is 6.25. The molecule has 0 unspecified atom stereocenters. The molecule has 0 N–H and O–H groups in total. The van der Waals surface area contributed by atoms with Gasteiger partial charge in [0.1, 0.15) is 22.3 Å². The molecule has 0 amide bonds. The number of fused-ring (bicyclic) bond motifs is 10. The molecule has 0 atom stereocenters. The van der Waals surface area contributed by atoms with Gasteiger partial charge in [-0.3, -0.25) is 0 Å². The standard InChI is InChI=1S/C58H37N3O2/c1-4-14-40(15-5-1)59(44-27-30-57-51(35-44)48-20-10-12-22-55(48)62-57)43-25-24-38-33-50-47-29-26-46(37-54(47)61(42-18-8-3-9-19-42)53(50)34-39(38)32-43)60(41-16-6-2-7-17-41)45-28-31-58-52(36-45)49-21-11-13-23-56(49)63-58/h1-37H. The first-order chi connectivity index (χ1) is 31.2. The van der Waals surface area contributed by atoms with Crippen LogP contribution < -0.4 is 9.80 Å². The molecule has 0 aliphatic heterocycles. The molecule has 5 heteroatoms. The summed E-state index contributed by atoms with van der Waals surface area (Å²) in [5.41, 5.74) is 13.3. The lowest BCUT2D eigenvalue weighted by molar-refractivity contribution is 0.668. The van der Waals surface area contributed by atoms with Gasteiger partial charge >= 0.3 is 0 Å². The van der Waals surface area contributed by atoms with E-state index in [-0.39, 0.29) is 0 Å². The zero-order valence-corrected chi connectivity index (χ0v) is 34.0. The summed E-state index contributed by atoms with van der Waals surface area (Å²) in [4.78, 5) is 4.68. The number of hydrogen-bond acceptors (Lipinski definition) is 4. The molecule has 0 fully saturated rings. The van der Waals surface area contributed by atoms with Crippen molar-refractivity contribution in [2.45, 2.75) is 0 Å². The molecule has 5 nitrogen and oxygen atoms in total. The molecule has 0 aliphatic carbocycles. The van der Waals surface area contributed by atoms with Crippen LogP contribution in [0.3, 0.4) is 0 Å². The van der Waals surface area contributed by atoms with Gasteiger partial charge in [-0.2, -0.15) is 0 Å². The van der Waals surface area contributed by atoms with Gasteiger partial charge in [-0.15, -0.1) is 0 Å². The van der Waals surface area contributed by atoms with Gasteiger partial charge in [0.05, 0.1) is 11.0 Å². The number of aromatic nitrogens is 1. The van der Waals surface area contributed by atoms with E-state index in [4.69, 9.17) is 8.83 Å². The lowest BCUT2D eigenvalue weighted by Gasteiger charge is -2.26. The van der Waals surface area contributed by atoms with Crippen molar-refractivity contribution in [2.75, 3.05) is 9.80 Å². The Morgan fingerprint density at radius 3 is 1.33 bits per heavy atom. The number of para-hydroxylation sites is 5.